The van der Waals surface area contributed by atoms with E-state index in [0.717, 1.165) is 28.4 Å². The number of anilines is 1. The molecule has 0 atom stereocenters. The molecule has 0 aliphatic rings. The maximum Gasteiger partial charge on any atom is 0.311 e. The number of nitrogens with one attached hydrogen (secondary N) is 1. The third kappa shape index (κ3) is 5.00. The van der Waals surface area contributed by atoms with Crippen LogP contribution in [-0.4, -0.2) is 17.2 Å². The van der Waals surface area contributed by atoms with Crippen LogP contribution in [0, 0.1) is 0 Å². The van der Waals surface area contributed by atoms with Crippen molar-refractivity contribution < 1.29 is 9.53 Å². The molecule has 0 radical (unpaired) electrons. The van der Waals surface area contributed by atoms with Gasteiger partial charge in [-0.15, -0.1) is 11.3 Å². The Kier molecular flexibility index (Phi) is 6.11. The number of hydrazone groups is 1. The molecular formula is C20H19N3O2S. The van der Waals surface area contributed by atoms with Crippen LogP contribution < -0.4 is 10.2 Å². The fourth-order valence-electron chi connectivity index (χ4n) is 2.24. The fourth-order valence-corrected chi connectivity index (χ4v) is 2.91. The van der Waals surface area contributed by atoms with Gasteiger partial charge in [0.05, 0.1) is 11.9 Å². The minimum atomic E-state index is -0.214. The van der Waals surface area contributed by atoms with Crippen molar-refractivity contribution in [2.75, 3.05) is 5.43 Å². The Hall–Kier alpha value is -2.99. The first-order chi connectivity index (χ1) is 12.7. The van der Waals surface area contributed by atoms with E-state index in [1.165, 1.54) is 11.3 Å². The van der Waals surface area contributed by atoms with Crippen LogP contribution in [0.3, 0.4) is 0 Å². The Morgan fingerprint density at radius 1 is 1.19 bits per heavy atom. The number of benzene rings is 2. The number of carbonyl (C=O) groups is 1. The van der Waals surface area contributed by atoms with Crippen molar-refractivity contribution in [1.29, 1.82) is 0 Å². The molecule has 5 nitrogen and oxygen atoms in total. The minimum Gasteiger partial charge on any atom is -0.427 e. The maximum atomic E-state index is 11.5. The van der Waals surface area contributed by atoms with Gasteiger partial charge in [-0.25, -0.2) is 4.98 Å². The van der Waals surface area contributed by atoms with Crippen LogP contribution in [0.25, 0.3) is 11.3 Å². The largest absolute Gasteiger partial charge is 0.427 e. The summed E-state index contributed by atoms with van der Waals surface area (Å²) in [6.07, 6.45) is 2.89. The van der Waals surface area contributed by atoms with Gasteiger partial charge >= 0.3 is 5.97 Å². The van der Waals surface area contributed by atoms with Crippen LogP contribution >= 0.6 is 11.3 Å². The summed E-state index contributed by atoms with van der Waals surface area (Å²) in [4.78, 5) is 16.0. The number of hydrogen-bond donors (Lipinski definition) is 1. The number of carbonyl (C=O) groups excluding carboxylic acids is 1. The second kappa shape index (κ2) is 8.92. The zero-order valence-electron chi connectivity index (χ0n) is 14.4. The number of thiazole rings is 1. The Bertz CT molecular complexity index is 874. The number of nitrogens with zero attached hydrogens (tertiary/aromatic N) is 2. The zero-order chi connectivity index (χ0) is 18.2. The minimum absolute atomic E-state index is 0.214. The van der Waals surface area contributed by atoms with Gasteiger partial charge in [-0.05, 0) is 36.2 Å². The van der Waals surface area contributed by atoms with Gasteiger partial charge in [-0.3, -0.25) is 10.2 Å². The topological polar surface area (TPSA) is 63.6 Å². The van der Waals surface area contributed by atoms with Crippen LogP contribution in [0.5, 0.6) is 5.75 Å². The summed E-state index contributed by atoms with van der Waals surface area (Å²) in [5, 5.41) is 6.92. The maximum absolute atomic E-state index is 11.5. The molecule has 0 spiro atoms. The second-order valence-corrected chi connectivity index (χ2v) is 6.43. The Morgan fingerprint density at radius 3 is 2.69 bits per heavy atom. The van der Waals surface area contributed by atoms with E-state index >= 15 is 0 Å². The van der Waals surface area contributed by atoms with Crippen molar-refractivity contribution in [3.8, 4) is 17.0 Å². The van der Waals surface area contributed by atoms with E-state index in [1.54, 1.807) is 18.3 Å². The van der Waals surface area contributed by atoms with E-state index in [2.05, 4.69) is 15.5 Å². The first-order valence-corrected chi connectivity index (χ1v) is 9.23. The molecule has 0 bridgehead atoms. The number of ether oxygens (including phenoxy) is 1. The molecule has 3 aromatic rings. The summed E-state index contributed by atoms with van der Waals surface area (Å²) >= 11 is 1.50. The van der Waals surface area contributed by atoms with Crippen molar-refractivity contribution in [2.45, 2.75) is 19.8 Å². The molecule has 1 N–H and O–H groups in total. The normalized spacial score (nSPS) is 10.8. The summed E-state index contributed by atoms with van der Waals surface area (Å²) in [6.45, 7) is 1.94. The van der Waals surface area contributed by atoms with Crippen molar-refractivity contribution in [3.05, 3.63) is 65.5 Å². The molecule has 132 valence electrons. The van der Waals surface area contributed by atoms with Gasteiger partial charge in [0, 0.05) is 17.4 Å². The van der Waals surface area contributed by atoms with Gasteiger partial charge in [0.15, 0.2) is 0 Å². The molecule has 3 rings (SSSR count). The smallest absolute Gasteiger partial charge is 0.311 e. The summed E-state index contributed by atoms with van der Waals surface area (Å²) in [6, 6.07) is 17.2. The van der Waals surface area contributed by atoms with Gasteiger partial charge in [0.25, 0.3) is 0 Å². The second-order valence-electron chi connectivity index (χ2n) is 5.57. The van der Waals surface area contributed by atoms with Crippen molar-refractivity contribution >= 4 is 28.7 Å². The monoisotopic (exact) mass is 365 g/mol. The van der Waals surface area contributed by atoms with E-state index in [0.29, 0.717) is 12.2 Å². The van der Waals surface area contributed by atoms with Gasteiger partial charge in [0.1, 0.15) is 5.75 Å². The van der Waals surface area contributed by atoms with Gasteiger partial charge in [-0.1, -0.05) is 37.3 Å². The zero-order valence-corrected chi connectivity index (χ0v) is 15.2. The van der Waals surface area contributed by atoms with Gasteiger partial charge in [-0.2, -0.15) is 5.10 Å². The van der Waals surface area contributed by atoms with Crippen molar-refractivity contribution in [1.82, 2.24) is 4.98 Å². The molecule has 0 fully saturated rings. The molecule has 6 heteroatoms. The lowest BCUT2D eigenvalue weighted by atomic mass is 10.2. The highest BCUT2D eigenvalue weighted by Crippen LogP contribution is 2.24. The van der Waals surface area contributed by atoms with E-state index in [9.17, 15) is 4.79 Å². The lowest BCUT2D eigenvalue weighted by Gasteiger charge is -2.03. The lowest BCUT2D eigenvalue weighted by molar-refractivity contribution is -0.134. The molecule has 0 saturated heterocycles. The third-order valence-electron chi connectivity index (χ3n) is 3.51. The fraction of sp³-hybridized carbons (Fsp3) is 0.150. The number of hydrogen-bond acceptors (Lipinski definition) is 6. The third-order valence-corrected chi connectivity index (χ3v) is 4.26. The summed E-state index contributed by atoms with van der Waals surface area (Å²) in [5.41, 5.74) is 5.83. The van der Waals surface area contributed by atoms with Crippen LogP contribution in [-0.2, 0) is 4.79 Å². The summed E-state index contributed by atoms with van der Waals surface area (Å²) < 4.78 is 5.22. The average molecular weight is 365 g/mol. The summed E-state index contributed by atoms with van der Waals surface area (Å²) in [7, 11) is 0. The SMILES string of the molecule is CCCC(=O)Oc1ccc(C=NNc2nc(-c3ccccc3)cs2)cc1. The van der Waals surface area contributed by atoms with E-state index in [1.807, 2.05) is 54.8 Å². The lowest BCUT2D eigenvalue weighted by Crippen LogP contribution is -2.06. The Balaban J connectivity index is 1.56. The Labute approximate surface area is 156 Å². The Morgan fingerprint density at radius 2 is 1.96 bits per heavy atom. The first-order valence-electron chi connectivity index (χ1n) is 8.35. The molecule has 0 aliphatic heterocycles. The summed E-state index contributed by atoms with van der Waals surface area (Å²) in [5.74, 6) is 0.328. The van der Waals surface area contributed by atoms with Crippen LogP contribution in [0.2, 0.25) is 0 Å². The quantitative estimate of drug-likeness (QED) is 0.278. The molecule has 0 saturated carbocycles. The highest BCUT2D eigenvalue weighted by atomic mass is 32.1. The molecule has 0 amide bonds. The molecule has 0 unspecified atom stereocenters. The number of esters is 1. The number of rotatable bonds is 7. The van der Waals surface area contributed by atoms with E-state index < -0.39 is 0 Å². The molecule has 2 aromatic carbocycles. The predicted molar refractivity (Wildman–Crippen MR) is 106 cm³/mol. The van der Waals surface area contributed by atoms with E-state index in [-0.39, 0.29) is 5.97 Å². The van der Waals surface area contributed by atoms with Gasteiger partial charge in [0.2, 0.25) is 5.13 Å². The molecule has 1 heterocycles. The molecule has 26 heavy (non-hydrogen) atoms. The predicted octanol–water partition coefficient (Wildman–Crippen LogP) is 4.96. The molecule has 0 aliphatic carbocycles. The number of aromatic nitrogens is 1. The highest BCUT2D eigenvalue weighted by Gasteiger charge is 2.04. The molecular weight excluding hydrogens is 346 g/mol. The standard InChI is InChI=1S/C20H19N3O2S/c1-2-6-19(24)25-17-11-9-15(10-12-17)13-21-23-20-22-18(14-26-20)16-7-4-3-5-8-16/h3-5,7-14H,2,6H2,1H3,(H,22,23). The first kappa shape index (κ1) is 17.8. The van der Waals surface area contributed by atoms with Crippen LogP contribution in [0.1, 0.15) is 25.3 Å². The van der Waals surface area contributed by atoms with Crippen LogP contribution in [0.4, 0.5) is 5.13 Å². The average Bonchev–Trinajstić information content (AvgIpc) is 3.13. The van der Waals surface area contributed by atoms with Gasteiger partial charge < -0.3 is 4.74 Å². The highest BCUT2D eigenvalue weighted by molar-refractivity contribution is 7.14. The molecule has 1 aromatic heterocycles. The van der Waals surface area contributed by atoms with E-state index in [4.69, 9.17) is 4.74 Å². The van der Waals surface area contributed by atoms with Crippen molar-refractivity contribution in [2.24, 2.45) is 5.10 Å². The van der Waals surface area contributed by atoms with Crippen LogP contribution in [0.15, 0.2) is 65.1 Å². The van der Waals surface area contributed by atoms with Crippen molar-refractivity contribution in [3.63, 3.8) is 0 Å².